The number of ether oxygens (including phenoxy) is 1. The molecule has 7 rings (SSSR count). The molecule has 1 unspecified atom stereocenters. The number of esters is 1. The first-order valence-corrected chi connectivity index (χ1v) is 16.6. The smallest absolute Gasteiger partial charge is 0.337 e. The number of carbonyl (C=O) groups excluding carboxylic acids is 2. The summed E-state index contributed by atoms with van der Waals surface area (Å²) in [5.41, 5.74) is 6.13. The Morgan fingerprint density at radius 3 is 2.29 bits per heavy atom. The van der Waals surface area contributed by atoms with E-state index in [2.05, 4.69) is 71.8 Å². The summed E-state index contributed by atoms with van der Waals surface area (Å²) in [5.74, 6) is 0.695. The van der Waals surface area contributed by atoms with Crippen LogP contribution in [-0.4, -0.2) is 70.1 Å². The molecule has 3 saturated heterocycles. The fourth-order valence-corrected chi connectivity index (χ4v) is 8.83. The Hall–Kier alpha value is -3.97. The number of amides is 1. The van der Waals surface area contributed by atoms with Crippen LogP contribution >= 0.6 is 0 Å². The maximum absolute atomic E-state index is 13.6. The molecule has 0 N–H and O–H groups in total. The van der Waals surface area contributed by atoms with Gasteiger partial charge in [-0.1, -0.05) is 42.5 Å². The van der Waals surface area contributed by atoms with Crippen LogP contribution in [0.2, 0.25) is 0 Å². The molecule has 0 saturated carbocycles. The molecular formula is C38H44N4O3. The zero-order valence-corrected chi connectivity index (χ0v) is 26.7. The standard InChI is InChI=1S/C38H44N4O3/c1-26-9-4-5-12-33(26)38(17-20-40(21-18-38)36(43)28-10-8-11-29(23-28)37(44)45-3)19-22-41-30-15-16-31(41)25-32(24-30)42-27(2)39-34-13-6-7-14-35(34)42/h4-14,23,30-32H,15-22,24-25H2,1-3H3/t30-,31+,32?. The monoisotopic (exact) mass is 604 g/mol. The Kier molecular flexibility index (Phi) is 7.98. The van der Waals surface area contributed by atoms with E-state index < -0.39 is 5.97 Å². The molecule has 0 radical (unpaired) electrons. The Morgan fingerprint density at radius 2 is 1.56 bits per heavy atom. The van der Waals surface area contributed by atoms with Crippen LogP contribution < -0.4 is 0 Å². The number of hydrogen-bond acceptors (Lipinski definition) is 5. The number of fused-ring (bicyclic) bond motifs is 3. The number of benzene rings is 3. The Labute approximate surface area is 266 Å². The van der Waals surface area contributed by atoms with Crippen molar-refractivity contribution in [1.82, 2.24) is 19.4 Å². The lowest BCUT2D eigenvalue weighted by molar-refractivity contribution is 0.0600. The number of likely N-dealkylation sites (tertiary alicyclic amines) is 1. The summed E-state index contributed by atoms with van der Waals surface area (Å²) in [6, 6.07) is 26.0. The minimum atomic E-state index is -0.423. The van der Waals surface area contributed by atoms with Crippen molar-refractivity contribution in [1.29, 1.82) is 0 Å². The maximum atomic E-state index is 13.6. The molecule has 4 heterocycles. The molecule has 0 aliphatic carbocycles. The molecule has 4 aromatic rings. The highest BCUT2D eigenvalue weighted by Crippen LogP contribution is 2.45. The van der Waals surface area contributed by atoms with Crippen molar-refractivity contribution in [2.45, 2.75) is 82.3 Å². The first-order valence-electron chi connectivity index (χ1n) is 16.6. The highest BCUT2D eigenvalue weighted by Gasteiger charge is 2.44. The van der Waals surface area contributed by atoms with Gasteiger partial charge in [0, 0.05) is 42.2 Å². The number of imidazole rings is 1. The predicted octanol–water partition coefficient (Wildman–Crippen LogP) is 6.87. The third-order valence-corrected chi connectivity index (χ3v) is 11.1. The quantitative estimate of drug-likeness (QED) is 0.215. The number of nitrogens with zero attached hydrogens (tertiary/aromatic N) is 4. The van der Waals surface area contributed by atoms with Gasteiger partial charge in [0.15, 0.2) is 0 Å². The van der Waals surface area contributed by atoms with E-state index in [1.165, 1.54) is 49.4 Å². The number of piperidine rings is 2. The molecule has 1 amide bonds. The van der Waals surface area contributed by atoms with E-state index in [0.29, 0.717) is 42.3 Å². The Morgan fingerprint density at radius 1 is 0.867 bits per heavy atom. The highest BCUT2D eigenvalue weighted by atomic mass is 16.5. The summed E-state index contributed by atoms with van der Waals surface area (Å²) in [6.07, 6.45) is 7.89. The lowest BCUT2D eigenvalue weighted by atomic mass is 9.68. The fraction of sp³-hybridized carbons (Fsp3) is 0.447. The Balaban J connectivity index is 1.07. The number of para-hydroxylation sites is 2. The molecule has 7 heteroatoms. The van der Waals surface area contributed by atoms with Gasteiger partial charge in [-0.2, -0.15) is 0 Å². The molecule has 234 valence electrons. The molecule has 0 spiro atoms. The summed E-state index contributed by atoms with van der Waals surface area (Å²) in [6.45, 7) is 6.90. The van der Waals surface area contributed by atoms with E-state index in [1.54, 1.807) is 24.3 Å². The molecule has 3 aliphatic heterocycles. The highest BCUT2D eigenvalue weighted by molar-refractivity contribution is 5.98. The summed E-state index contributed by atoms with van der Waals surface area (Å²) < 4.78 is 7.39. The van der Waals surface area contributed by atoms with E-state index in [4.69, 9.17) is 9.72 Å². The van der Waals surface area contributed by atoms with Crippen molar-refractivity contribution in [3.8, 4) is 0 Å². The third-order valence-electron chi connectivity index (χ3n) is 11.1. The summed E-state index contributed by atoms with van der Waals surface area (Å²) in [4.78, 5) is 35.3. The van der Waals surface area contributed by atoms with Crippen molar-refractivity contribution in [3.63, 3.8) is 0 Å². The van der Waals surface area contributed by atoms with Gasteiger partial charge in [0.2, 0.25) is 0 Å². The van der Waals surface area contributed by atoms with Crippen LogP contribution in [0.3, 0.4) is 0 Å². The lowest BCUT2D eigenvalue weighted by Crippen LogP contribution is -2.49. The summed E-state index contributed by atoms with van der Waals surface area (Å²) in [5, 5.41) is 0. The summed E-state index contributed by atoms with van der Waals surface area (Å²) >= 11 is 0. The van der Waals surface area contributed by atoms with Crippen LogP contribution in [-0.2, 0) is 10.2 Å². The van der Waals surface area contributed by atoms with Gasteiger partial charge in [0.25, 0.3) is 5.91 Å². The van der Waals surface area contributed by atoms with E-state index in [0.717, 1.165) is 37.1 Å². The van der Waals surface area contributed by atoms with Gasteiger partial charge < -0.3 is 14.2 Å². The minimum absolute atomic E-state index is 0.0124. The first-order chi connectivity index (χ1) is 21.9. The number of carbonyl (C=O) groups is 2. The Bertz CT molecular complexity index is 1700. The van der Waals surface area contributed by atoms with Crippen LogP contribution in [0.1, 0.15) is 88.7 Å². The zero-order valence-electron chi connectivity index (χ0n) is 26.7. The fourth-order valence-electron chi connectivity index (χ4n) is 8.83. The second-order valence-corrected chi connectivity index (χ2v) is 13.5. The number of hydrogen-bond donors (Lipinski definition) is 0. The van der Waals surface area contributed by atoms with Gasteiger partial charge in [-0.15, -0.1) is 0 Å². The number of methoxy groups -OCH3 is 1. The SMILES string of the molecule is COC(=O)c1cccc(C(=O)N2CCC(CCN3[C@@H]4CC[C@H]3CC(n3c(C)nc5ccccc53)C4)(c3ccccc3C)CC2)c1. The molecule has 3 atom stereocenters. The van der Waals surface area contributed by atoms with Gasteiger partial charge in [-0.25, -0.2) is 9.78 Å². The van der Waals surface area contributed by atoms with Gasteiger partial charge in [0.05, 0.1) is 23.7 Å². The lowest BCUT2D eigenvalue weighted by Gasteiger charge is -2.46. The van der Waals surface area contributed by atoms with E-state index in [1.807, 2.05) is 4.90 Å². The van der Waals surface area contributed by atoms with Crippen molar-refractivity contribution in [3.05, 3.63) is 101 Å². The van der Waals surface area contributed by atoms with Crippen LogP contribution in [0.15, 0.2) is 72.8 Å². The van der Waals surface area contributed by atoms with Gasteiger partial charge in [-0.05, 0) is 107 Å². The number of aromatic nitrogens is 2. The normalized spacial score (nSPS) is 22.9. The average molecular weight is 605 g/mol. The van der Waals surface area contributed by atoms with Crippen LogP contribution in [0.4, 0.5) is 0 Å². The van der Waals surface area contributed by atoms with Crippen LogP contribution in [0.25, 0.3) is 11.0 Å². The molecule has 45 heavy (non-hydrogen) atoms. The first kappa shape index (κ1) is 29.7. The summed E-state index contributed by atoms with van der Waals surface area (Å²) in [7, 11) is 1.36. The van der Waals surface area contributed by atoms with Gasteiger partial charge in [0.1, 0.15) is 5.82 Å². The van der Waals surface area contributed by atoms with E-state index in [9.17, 15) is 9.59 Å². The van der Waals surface area contributed by atoms with Crippen molar-refractivity contribution in [2.24, 2.45) is 0 Å². The van der Waals surface area contributed by atoms with Crippen molar-refractivity contribution >= 4 is 22.9 Å². The van der Waals surface area contributed by atoms with E-state index in [-0.39, 0.29) is 11.3 Å². The second-order valence-electron chi connectivity index (χ2n) is 13.5. The van der Waals surface area contributed by atoms with Gasteiger partial charge >= 0.3 is 5.97 Å². The maximum Gasteiger partial charge on any atom is 0.337 e. The van der Waals surface area contributed by atoms with Crippen LogP contribution in [0, 0.1) is 13.8 Å². The molecule has 7 nitrogen and oxygen atoms in total. The average Bonchev–Trinajstić information content (AvgIpc) is 3.53. The van der Waals surface area contributed by atoms with Crippen molar-refractivity contribution in [2.75, 3.05) is 26.7 Å². The largest absolute Gasteiger partial charge is 0.465 e. The molecule has 3 aromatic carbocycles. The van der Waals surface area contributed by atoms with E-state index >= 15 is 0 Å². The third kappa shape index (κ3) is 5.45. The van der Waals surface area contributed by atoms with Crippen LogP contribution in [0.5, 0.6) is 0 Å². The van der Waals surface area contributed by atoms with Gasteiger partial charge in [-0.3, -0.25) is 9.69 Å². The van der Waals surface area contributed by atoms with Crippen molar-refractivity contribution < 1.29 is 14.3 Å². The minimum Gasteiger partial charge on any atom is -0.465 e. The second kappa shape index (κ2) is 12.1. The number of rotatable bonds is 7. The molecule has 3 aliphatic rings. The molecule has 2 bridgehead atoms. The zero-order chi connectivity index (χ0) is 31.1. The number of aryl methyl sites for hydroxylation is 2. The molecular weight excluding hydrogens is 560 g/mol. The molecule has 1 aromatic heterocycles. The topological polar surface area (TPSA) is 67.7 Å². The predicted molar refractivity (Wildman–Crippen MR) is 177 cm³/mol. The molecule has 3 fully saturated rings.